The van der Waals surface area contributed by atoms with Gasteiger partial charge in [-0.25, -0.2) is 0 Å². The van der Waals surface area contributed by atoms with Crippen LogP contribution in [-0.4, -0.2) is 0 Å². The van der Waals surface area contributed by atoms with Crippen LogP contribution in [0.15, 0.2) is 30.9 Å². The lowest BCUT2D eigenvalue weighted by Crippen LogP contribution is -2.23. The number of allylic oxidation sites excluding steroid dienone is 1. The van der Waals surface area contributed by atoms with Crippen LogP contribution in [0.4, 0.5) is 0 Å². The normalized spacial score (nSPS) is 18.3. The van der Waals surface area contributed by atoms with Crippen LogP contribution in [0.5, 0.6) is 0 Å². The number of hydrogen-bond acceptors (Lipinski definition) is 0. The largest absolute Gasteiger partial charge is 0.103 e. The van der Waals surface area contributed by atoms with Gasteiger partial charge in [0.15, 0.2) is 0 Å². The Morgan fingerprint density at radius 2 is 2.20 bits per heavy atom. The van der Waals surface area contributed by atoms with Crippen LogP contribution in [0.3, 0.4) is 0 Å². The molecule has 0 saturated carbocycles. The van der Waals surface area contributed by atoms with Crippen molar-refractivity contribution in [3.63, 3.8) is 0 Å². The van der Waals surface area contributed by atoms with E-state index in [2.05, 4.69) is 38.6 Å². The molecule has 1 aromatic rings. The van der Waals surface area contributed by atoms with Gasteiger partial charge < -0.3 is 0 Å². The summed E-state index contributed by atoms with van der Waals surface area (Å²) < 4.78 is 0. The van der Waals surface area contributed by atoms with E-state index in [1.807, 2.05) is 6.08 Å². The molecule has 0 N–H and O–H groups in total. The number of hydrogen-bond donors (Lipinski definition) is 0. The van der Waals surface area contributed by atoms with Gasteiger partial charge in [0.1, 0.15) is 0 Å². The molecule has 15 heavy (non-hydrogen) atoms. The Morgan fingerprint density at radius 3 is 2.93 bits per heavy atom. The number of fused-ring (bicyclic) bond motifs is 1. The number of rotatable bonds is 2. The van der Waals surface area contributed by atoms with Gasteiger partial charge in [-0.1, -0.05) is 38.1 Å². The van der Waals surface area contributed by atoms with E-state index in [9.17, 15) is 0 Å². The maximum atomic E-state index is 3.80. The summed E-state index contributed by atoms with van der Waals surface area (Å²) in [6, 6.07) is 6.96. The van der Waals surface area contributed by atoms with Crippen molar-refractivity contribution in [2.75, 3.05) is 0 Å². The molecule has 80 valence electrons. The van der Waals surface area contributed by atoms with Gasteiger partial charge in [0.2, 0.25) is 0 Å². The van der Waals surface area contributed by atoms with Crippen molar-refractivity contribution < 1.29 is 0 Å². The second kappa shape index (κ2) is 3.84. The molecule has 0 atom stereocenters. The molecule has 0 unspecified atom stereocenters. The van der Waals surface area contributed by atoms with Crippen LogP contribution in [0.25, 0.3) is 0 Å². The first-order chi connectivity index (χ1) is 7.13. The van der Waals surface area contributed by atoms with Crippen molar-refractivity contribution in [2.24, 2.45) is 0 Å². The molecule has 0 amide bonds. The lowest BCUT2D eigenvalue weighted by Gasteiger charge is -2.32. The lowest BCUT2D eigenvalue weighted by atomic mass is 9.72. The van der Waals surface area contributed by atoms with Gasteiger partial charge in [-0.2, -0.15) is 0 Å². The second-order valence-electron chi connectivity index (χ2n) is 5.22. The van der Waals surface area contributed by atoms with Crippen LogP contribution in [0, 0.1) is 0 Å². The SMILES string of the molecule is C=CCc1ccc2c(c1)CCCC2(C)C. The standard InChI is InChI=1S/C15H20/c1-4-6-12-8-9-14-13(11-12)7-5-10-15(14,2)3/h4,8-9,11H,1,5-7,10H2,2-3H3. The maximum Gasteiger partial charge on any atom is -0.0100 e. The Labute approximate surface area is 93.0 Å². The first-order valence-electron chi connectivity index (χ1n) is 5.87. The molecule has 0 spiro atoms. The molecule has 0 saturated heterocycles. The minimum absolute atomic E-state index is 0.375. The molecule has 0 fully saturated rings. The average molecular weight is 200 g/mol. The molecule has 1 aromatic carbocycles. The zero-order valence-electron chi connectivity index (χ0n) is 9.84. The predicted molar refractivity (Wildman–Crippen MR) is 66.3 cm³/mol. The Bertz CT molecular complexity index is 372. The number of aryl methyl sites for hydroxylation is 1. The maximum absolute atomic E-state index is 3.80. The smallest absolute Gasteiger partial charge is 0.0100 e. The lowest BCUT2D eigenvalue weighted by molar-refractivity contribution is 0.431. The number of benzene rings is 1. The molecule has 2 rings (SSSR count). The van der Waals surface area contributed by atoms with E-state index in [1.165, 1.54) is 24.8 Å². The summed E-state index contributed by atoms with van der Waals surface area (Å²) >= 11 is 0. The van der Waals surface area contributed by atoms with E-state index in [4.69, 9.17) is 0 Å². The van der Waals surface area contributed by atoms with Crippen molar-refractivity contribution >= 4 is 0 Å². The highest BCUT2D eigenvalue weighted by atomic mass is 14.3. The monoisotopic (exact) mass is 200 g/mol. The molecule has 0 radical (unpaired) electrons. The Hall–Kier alpha value is -1.04. The molecule has 0 aromatic heterocycles. The van der Waals surface area contributed by atoms with Crippen molar-refractivity contribution in [1.29, 1.82) is 0 Å². The van der Waals surface area contributed by atoms with E-state index in [0.29, 0.717) is 5.41 Å². The van der Waals surface area contributed by atoms with Crippen LogP contribution in [0.2, 0.25) is 0 Å². The minimum Gasteiger partial charge on any atom is -0.103 e. The fourth-order valence-corrected chi connectivity index (χ4v) is 2.66. The van der Waals surface area contributed by atoms with E-state index < -0.39 is 0 Å². The van der Waals surface area contributed by atoms with Crippen molar-refractivity contribution in [2.45, 2.75) is 44.9 Å². The summed E-state index contributed by atoms with van der Waals surface area (Å²) in [5.74, 6) is 0. The van der Waals surface area contributed by atoms with Crippen molar-refractivity contribution in [3.05, 3.63) is 47.5 Å². The van der Waals surface area contributed by atoms with Crippen LogP contribution >= 0.6 is 0 Å². The summed E-state index contributed by atoms with van der Waals surface area (Å²) in [6.45, 7) is 8.52. The highest BCUT2D eigenvalue weighted by Crippen LogP contribution is 2.36. The predicted octanol–water partition coefficient (Wildman–Crippen LogP) is 4.03. The van der Waals surface area contributed by atoms with Gasteiger partial charge in [0, 0.05) is 0 Å². The summed E-state index contributed by atoms with van der Waals surface area (Å²) in [6.07, 6.45) is 6.88. The third-order valence-corrected chi connectivity index (χ3v) is 3.53. The quantitative estimate of drug-likeness (QED) is 0.632. The van der Waals surface area contributed by atoms with Gasteiger partial charge in [0.25, 0.3) is 0 Å². The molecule has 0 bridgehead atoms. The third kappa shape index (κ3) is 1.99. The highest BCUT2D eigenvalue weighted by Gasteiger charge is 2.26. The van der Waals surface area contributed by atoms with Gasteiger partial charge in [-0.3, -0.25) is 0 Å². The van der Waals surface area contributed by atoms with Crippen molar-refractivity contribution in [1.82, 2.24) is 0 Å². The first kappa shape index (κ1) is 10.5. The van der Waals surface area contributed by atoms with Gasteiger partial charge in [0.05, 0.1) is 0 Å². The van der Waals surface area contributed by atoms with Crippen LogP contribution in [-0.2, 0) is 18.3 Å². The summed E-state index contributed by atoms with van der Waals surface area (Å²) in [7, 11) is 0. The summed E-state index contributed by atoms with van der Waals surface area (Å²) in [5.41, 5.74) is 4.90. The van der Waals surface area contributed by atoms with Gasteiger partial charge in [-0.05, 0) is 47.8 Å². The molecular formula is C15H20. The van der Waals surface area contributed by atoms with E-state index in [1.54, 1.807) is 11.1 Å². The molecule has 0 heteroatoms. The summed E-state index contributed by atoms with van der Waals surface area (Å²) in [5, 5.41) is 0. The van der Waals surface area contributed by atoms with Crippen LogP contribution in [0.1, 0.15) is 43.4 Å². The zero-order valence-corrected chi connectivity index (χ0v) is 9.84. The molecule has 0 nitrogen and oxygen atoms in total. The topological polar surface area (TPSA) is 0 Å². The Kier molecular flexibility index (Phi) is 2.68. The fourth-order valence-electron chi connectivity index (χ4n) is 2.66. The first-order valence-corrected chi connectivity index (χ1v) is 5.87. The Balaban J connectivity index is 2.40. The van der Waals surface area contributed by atoms with E-state index >= 15 is 0 Å². The molecular weight excluding hydrogens is 180 g/mol. The fraction of sp³-hybridized carbons (Fsp3) is 0.467. The zero-order chi connectivity index (χ0) is 10.9. The van der Waals surface area contributed by atoms with Crippen LogP contribution < -0.4 is 0 Å². The van der Waals surface area contributed by atoms with E-state index in [0.717, 1.165) is 6.42 Å². The van der Waals surface area contributed by atoms with E-state index in [-0.39, 0.29) is 0 Å². The average Bonchev–Trinajstić information content (AvgIpc) is 2.17. The molecule has 1 aliphatic rings. The minimum atomic E-state index is 0.375. The molecule has 0 heterocycles. The summed E-state index contributed by atoms with van der Waals surface area (Å²) in [4.78, 5) is 0. The molecule has 1 aliphatic carbocycles. The third-order valence-electron chi connectivity index (χ3n) is 3.53. The Morgan fingerprint density at radius 1 is 1.40 bits per heavy atom. The second-order valence-corrected chi connectivity index (χ2v) is 5.22. The molecule has 0 aliphatic heterocycles. The van der Waals surface area contributed by atoms with Gasteiger partial charge in [-0.15, -0.1) is 6.58 Å². The van der Waals surface area contributed by atoms with Crippen molar-refractivity contribution in [3.8, 4) is 0 Å². The van der Waals surface area contributed by atoms with Gasteiger partial charge >= 0.3 is 0 Å². The highest BCUT2D eigenvalue weighted by molar-refractivity contribution is 5.39.